The van der Waals surface area contributed by atoms with E-state index in [0.717, 1.165) is 11.3 Å². The van der Waals surface area contributed by atoms with Gasteiger partial charge in [-0.2, -0.15) is 0 Å². The zero-order valence-electron chi connectivity index (χ0n) is 9.93. The van der Waals surface area contributed by atoms with Gasteiger partial charge in [-0.05, 0) is 24.6 Å². The summed E-state index contributed by atoms with van der Waals surface area (Å²) in [5.41, 5.74) is 1.90. The fourth-order valence-electron chi connectivity index (χ4n) is 1.47. The highest BCUT2D eigenvalue weighted by Crippen LogP contribution is 2.00. The molecule has 0 spiro atoms. The van der Waals surface area contributed by atoms with Crippen molar-refractivity contribution in [3.05, 3.63) is 63.8 Å². The molecule has 2 aromatic heterocycles. The van der Waals surface area contributed by atoms with Gasteiger partial charge in [-0.15, -0.1) is 0 Å². The highest BCUT2D eigenvalue weighted by molar-refractivity contribution is 5.93. The predicted molar refractivity (Wildman–Crippen MR) is 67.2 cm³/mol. The van der Waals surface area contributed by atoms with Gasteiger partial charge in [-0.1, -0.05) is 6.07 Å². The number of rotatable bonds is 3. The predicted octanol–water partition coefficient (Wildman–Crippen LogP) is 1.01. The van der Waals surface area contributed by atoms with Crippen LogP contribution in [0.1, 0.15) is 21.6 Å². The van der Waals surface area contributed by atoms with Crippen molar-refractivity contribution in [3.8, 4) is 0 Å². The molecule has 5 heteroatoms. The summed E-state index contributed by atoms with van der Waals surface area (Å²) in [6, 6.07) is 6.61. The molecule has 0 fully saturated rings. The van der Waals surface area contributed by atoms with Crippen LogP contribution in [0.2, 0.25) is 0 Å². The molecular weight excluding hydrogens is 230 g/mol. The summed E-state index contributed by atoms with van der Waals surface area (Å²) in [5.74, 6) is -0.276. The van der Waals surface area contributed by atoms with Crippen LogP contribution in [-0.4, -0.2) is 15.9 Å². The van der Waals surface area contributed by atoms with Crippen molar-refractivity contribution in [2.75, 3.05) is 0 Å². The second kappa shape index (κ2) is 5.27. The normalized spacial score (nSPS) is 10.1. The van der Waals surface area contributed by atoms with E-state index in [2.05, 4.69) is 15.3 Å². The van der Waals surface area contributed by atoms with Crippen LogP contribution in [0, 0.1) is 6.92 Å². The average molecular weight is 243 g/mol. The summed E-state index contributed by atoms with van der Waals surface area (Å²) in [6.45, 7) is 2.29. The molecule has 5 nitrogen and oxygen atoms in total. The van der Waals surface area contributed by atoms with Gasteiger partial charge in [0.05, 0.1) is 0 Å². The number of carbonyl (C=O) groups excluding carboxylic acids is 1. The number of amides is 1. The van der Waals surface area contributed by atoms with Gasteiger partial charge in [0.1, 0.15) is 0 Å². The third kappa shape index (κ3) is 3.04. The first-order chi connectivity index (χ1) is 8.65. The monoisotopic (exact) mass is 243 g/mol. The Morgan fingerprint density at radius 2 is 2.22 bits per heavy atom. The van der Waals surface area contributed by atoms with E-state index >= 15 is 0 Å². The van der Waals surface area contributed by atoms with Gasteiger partial charge in [0.25, 0.3) is 5.91 Å². The molecule has 92 valence electrons. The van der Waals surface area contributed by atoms with E-state index in [1.165, 1.54) is 12.3 Å². The molecule has 0 saturated carbocycles. The molecule has 2 rings (SSSR count). The van der Waals surface area contributed by atoms with Crippen LogP contribution in [0.3, 0.4) is 0 Å². The van der Waals surface area contributed by atoms with Crippen LogP contribution in [0.5, 0.6) is 0 Å². The third-order valence-corrected chi connectivity index (χ3v) is 2.46. The lowest BCUT2D eigenvalue weighted by atomic mass is 10.2. The number of carbonyl (C=O) groups is 1. The topological polar surface area (TPSA) is 74.8 Å². The zero-order valence-corrected chi connectivity index (χ0v) is 9.93. The minimum atomic E-state index is -0.292. The summed E-state index contributed by atoms with van der Waals surface area (Å²) in [6.07, 6.45) is 3.16. The van der Waals surface area contributed by atoms with Gasteiger partial charge in [0.15, 0.2) is 0 Å². The standard InChI is InChI=1S/C13H13N3O2/c1-9-2-3-10(7-15-9)8-16-13(18)11-4-5-14-12(17)6-11/h2-7H,8H2,1H3,(H,14,17)(H,16,18). The van der Waals surface area contributed by atoms with Gasteiger partial charge in [0.2, 0.25) is 5.56 Å². The molecule has 1 amide bonds. The lowest BCUT2D eigenvalue weighted by Crippen LogP contribution is -2.24. The minimum Gasteiger partial charge on any atom is -0.348 e. The molecule has 2 N–H and O–H groups in total. The van der Waals surface area contributed by atoms with Crippen LogP contribution >= 0.6 is 0 Å². The number of nitrogens with zero attached hydrogens (tertiary/aromatic N) is 1. The van der Waals surface area contributed by atoms with Gasteiger partial charge in [0, 0.05) is 36.3 Å². The number of nitrogens with one attached hydrogen (secondary N) is 2. The maximum absolute atomic E-state index is 11.8. The van der Waals surface area contributed by atoms with Crippen molar-refractivity contribution in [1.82, 2.24) is 15.3 Å². The minimum absolute atomic E-state index is 0.276. The van der Waals surface area contributed by atoms with Crippen LogP contribution in [0.15, 0.2) is 41.5 Å². The van der Waals surface area contributed by atoms with Crippen molar-refractivity contribution < 1.29 is 4.79 Å². The lowest BCUT2D eigenvalue weighted by Gasteiger charge is -2.04. The Bertz CT molecular complexity index is 602. The van der Waals surface area contributed by atoms with E-state index in [4.69, 9.17) is 0 Å². The first kappa shape index (κ1) is 12.0. The molecule has 0 aliphatic rings. The highest BCUT2D eigenvalue weighted by Gasteiger charge is 2.05. The maximum atomic E-state index is 11.8. The molecule has 0 bridgehead atoms. The second-order valence-electron chi connectivity index (χ2n) is 3.93. The molecule has 0 atom stereocenters. The van der Waals surface area contributed by atoms with Crippen molar-refractivity contribution in [2.24, 2.45) is 0 Å². The fourth-order valence-corrected chi connectivity index (χ4v) is 1.47. The lowest BCUT2D eigenvalue weighted by molar-refractivity contribution is 0.0950. The Balaban J connectivity index is 2.00. The number of aromatic amines is 1. The van der Waals surface area contributed by atoms with Crippen molar-refractivity contribution >= 4 is 5.91 Å². The van der Waals surface area contributed by atoms with Crippen LogP contribution in [0.25, 0.3) is 0 Å². The van der Waals surface area contributed by atoms with Gasteiger partial charge in [-0.3, -0.25) is 14.6 Å². The number of pyridine rings is 2. The molecule has 18 heavy (non-hydrogen) atoms. The van der Waals surface area contributed by atoms with Crippen molar-refractivity contribution in [1.29, 1.82) is 0 Å². The van der Waals surface area contributed by atoms with E-state index in [1.54, 1.807) is 12.3 Å². The Labute approximate surface area is 104 Å². The van der Waals surface area contributed by atoms with Crippen LogP contribution < -0.4 is 10.9 Å². The van der Waals surface area contributed by atoms with Gasteiger partial charge in [-0.25, -0.2) is 0 Å². The van der Waals surface area contributed by atoms with E-state index in [0.29, 0.717) is 12.1 Å². The quantitative estimate of drug-likeness (QED) is 0.844. The van der Waals surface area contributed by atoms with E-state index < -0.39 is 0 Å². The summed E-state index contributed by atoms with van der Waals surface area (Å²) in [7, 11) is 0. The van der Waals surface area contributed by atoms with E-state index in [-0.39, 0.29) is 11.5 Å². The third-order valence-electron chi connectivity index (χ3n) is 2.46. The summed E-state index contributed by atoms with van der Waals surface area (Å²) >= 11 is 0. The number of aryl methyl sites for hydroxylation is 1. The second-order valence-corrected chi connectivity index (χ2v) is 3.93. The fraction of sp³-hybridized carbons (Fsp3) is 0.154. The zero-order chi connectivity index (χ0) is 13.0. The van der Waals surface area contributed by atoms with Crippen LogP contribution in [0.4, 0.5) is 0 Å². The smallest absolute Gasteiger partial charge is 0.251 e. The van der Waals surface area contributed by atoms with Gasteiger partial charge >= 0.3 is 0 Å². The van der Waals surface area contributed by atoms with Gasteiger partial charge < -0.3 is 10.3 Å². The molecule has 0 aliphatic heterocycles. The van der Waals surface area contributed by atoms with Crippen LogP contribution in [-0.2, 0) is 6.54 Å². The molecule has 0 unspecified atom stereocenters. The number of hydrogen-bond acceptors (Lipinski definition) is 3. The first-order valence-electron chi connectivity index (χ1n) is 5.53. The number of H-pyrrole nitrogens is 1. The first-order valence-corrected chi connectivity index (χ1v) is 5.53. The van der Waals surface area contributed by atoms with Crippen molar-refractivity contribution in [3.63, 3.8) is 0 Å². The Kier molecular flexibility index (Phi) is 3.52. The van der Waals surface area contributed by atoms with E-state index in [1.807, 2.05) is 19.1 Å². The SMILES string of the molecule is Cc1ccc(CNC(=O)c2cc[nH]c(=O)c2)cn1. The molecule has 0 aliphatic carbocycles. The molecule has 2 heterocycles. The maximum Gasteiger partial charge on any atom is 0.251 e. The summed E-state index contributed by atoms with van der Waals surface area (Å²) < 4.78 is 0. The highest BCUT2D eigenvalue weighted by atomic mass is 16.2. The summed E-state index contributed by atoms with van der Waals surface area (Å²) in [5, 5.41) is 2.73. The Morgan fingerprint density at radius 1 is 1.39 bits per heavy atom. The average Bonchev–Trinajstić information content (AvgIpc) is 2.38. The largest absolute Gasteiger partial charge is 0.348 e. The Hall–Kier alpha value is -2.43. The van der Waals surface area contributed by atoms with Crippen molar-refractivity contribution in [2.45, 2.75) is 13.5 Å². The molecular formula is C13H13N3O2. The number of hydrogen-bond donors (Lipinski definition) is 2. The van der Waals surface area contributed by atoms with E-state index in [9.17, 15) is 9.59 Å². The number of aromatic nitrogens is 2. The summed E-state index contributed by atoms with van der Waals surface area (Å²) in [4.78, 5) is 29.4. The Morgan fingerprint density at radius 3 is 2.89 bits per heavy atom. The molecule has 0 aromatic carbocycles. The molecule has 0 radical (unpaired) electrons. The molecule has 0 saturated heterocycles. The molecule has 2 aromatic rings.